The number of nitrogens with one attached hydrogen (secondary N) is 1. The first-order valence-corrected chi connectivity index (χ1v) is 11.9. The van der Waals surface area contributed by atoms with E-state index in [2.05, 4.69) is 4.98 Å². The monoisotopic (exact) mass is 514 g/mol. The summed E-state index contributed by atoms with van der Waals surface area (Å²) < 4.78 is 24.5. The highest BCUT2D eigenvalue weighted by Gasteiger charge is 2.47. The van der Waals surface area contributed by atoms with Crippen molar-refractivity contribution in [3.63, 3.8) is 0 Å². The summed E-state index contributed by atoms with van der Waals surface area (Å²) in [4.78, 5) is 39.7. The molecular formula is C29H26N2O7. The van der Waals surface area contributed by atoms with Gasteiger partial charge < -0.3 is 18.9 Å². The molecule has 9 heteroatoms. The van der Waals surface area contributed by atoms with Crippen LogP contribution in [0.1, 0.15) is 22.9 Å². The zero-order chi connectivity index (χ0) is 26.7. The van der Waals surface area contributed by atoms with Crippen LogP contribution in [0.5, 0.6) is 11.5 Å². The first-order valence-electron chi connectivity index (χ1n) is 11.9. The molecule has 0 bridgehead atoms. The van der Waals surface area contributed by atoms with Crippen LogP contribution in [0.2, 0.25) is 0 Å². The lowest BCUT2D eigenvalue weighted by Crippen LogP contribution is -2.43. The maximum Gasteiger partial charge on any atom is 0.330 e. The topological polar surface area (TPSA) is 109 Å². The second kappa shape index (κ2) is 10.5. The van der Waals surface area contributed by atoms with Gasteiger partial charge >= 0.3 is 5.69 Å². The minimum Gasteiger partial charge on any atom is -0.497 e. The van der Waals surface area contributed by atoms with Crippen molar-refractivity contribution >= 4 is 5.78 Å². The van der Waals surface area contributed by atoms with Crippen LogP contribution < -0.4 is 20.7 Å². The van der Waals surface area contributed by atoms with E-state index >= 15 is 0 Å². The Labute approximate surface area is 218 Å². The molecule has 1 aromatic heterocycles. The van der Waals surface area contributed by atoms with Gasteiger partial charge in [0.2, 0.25) is 0 Å². The largest absolute Gasteiger partial charge is 0.497 e. The molecule has 0 spiro atoms. The molecule has 1 saturated heterocycles. The van der Waals surface area contributed by atoms with E-state index in [9.17, 15) is 14.4 Å². The van der Waals surface area contributed by atoms with Gasteiger partial charge in [-0.15, -0.1) is 0 Å². The van der Waals surface area contributed by atoms with Gasteiger partial charge in [-0.2, -0.15) is 0 Å². The van der Waals surface area contributed by atoms with Crippen molar-refractivity contribution < 1.29 is 23.7 Å². The third kappa shape index (κ3) is 4.53. The molecule has 5 rings (SSSR count). The van der Waals surface area contributed by atoms with Gasteiger partial charge in [-0.1, -0.05) is 54.6 Å². The Bertz CT molecular complexity index is 1480. The molecule has 9 nitrogen and oxygen atoms in total. The van der Waals surface area contributed by atoms with Crippen molar-refractivity contribution in [3.05, 3.63) is 129 Å². The highest BCUT2D eigenvalue weighted by atomic mass is 16.6. The molecule has 0 unspecified atom stereocenters. The molecule has 0 radical (unpaired) electrons. The number of aromatic amines is 1. The fraction of sp³-hybridized carbons (Fsp3) is 0.207. The van der Waals surface area contributed by atoms with Gasteiger partial charge in [0.05, 0.1) is 14.2 Å². The Morgan fingerprint density at radius 3 is 1.87 bits per heavy atom. The van der Waals surface area contributed by atoms with E-state index < -0.39 is 29.2 Å². The normalized spacial score (nSPS) is 17.4. The summed E-state index contributed by atoms with van der Waals surface area (Å²) >= 11 is 0. The van der Waals surface area contributed by atoms with Crippen LogP contribution in [0, 0.1) is 0 Å². The molecule has 2 atom stereocenters. The molecule has 0 aliphatic carbocycles. The molecule has 1 fully saturated rings. The van der Waals surface area contributed by atoms with E-state index in [-0.39, 0.29) is 12.4 Å². The van der Waals surface area contributed by atoms with Crippen molar-refractivity contribution in [2.45, 2.75) is 17.9 Å². The lowest BCUT2D eigenvalue weighted by molar-refractivity contribution is -0.139. The number of H-pyrrole nitrogens is 1. The van der Waals surface area contributed by atoms with E-state index in [4.69, 9.17) is 18.9 Å². The third-order valence-electron chi connectivity index (χ3n) is 6.58. The van der Waals surface area contributed by atoms with Crippen LogP contribution in [0.15, 0.2) is 101 Å². The first-order chi connectivity index (χ1) is 18.5. The zero-order valence-corrected chi connectivity index (χ0v) is 20.8. The number of benzene rings is 3. The second-order valence-electron chi connectivity index (χ2n) is 8.73. The summed E-state index contributed by atoms with van der Waals surface area (Å²) in [6, 6.07) is 25.4. The van der Waals surface area contributed by atoms with Gasteiger partial charge in [-0.25, -0.2) is 4.79 Å². The van der Waals surface area contributed by atoms with E-state index in [1.54, 1.807) is 14.2 Å². The predicted molar refractivity (Wildman–Crippen MR) is 139 cm³/mol. The summed E-state index contributed by atoms with van der Waals surface area (Å²) in [6.07, 6.45) is -0.972. The standard InChI is InChI=1S/C29H26N2O7/c1-35-22-12-8-20(9-13-22)29(19-6-4-3-5-7-19,21-10-14-23(36-2)15-11-21)38-26-24(32)18-37-27(26)31-17-16-25(33)30-28(31)34/h3-17,26-27H,18H2,1-2H3,(H,30,33,34)/t26-,27-/m1/s1. The van der Waals surface area contributed by atoms with Gasteiger partial charge in [0.25, 0.3) is 5.56 Å². The van der Waals surface area contributed by atoms with Crippen LogP contribution >= 0.6 is 0 Å². The molecule has 1 aliphatic heterocycles. The second-order valence-corrected chi connectivity index (χ2v) is 8.73. The summed E-state index contributed by atoms with van der Waals surface area (Å²) in [5.41, 5.74) is -0.350. The Morgan fingerprint density at radius 1 is 0.789 bits per heavy atom. The van der Waals surface area contributed by atoms with E-state index in [0.29, 0.717) is 11.5 Å². The Balaban J connectivity index is 1.73. The van der Waals surface area contributed by atoms with Crippen molar-refractivity contribution in [2.24, 2.45) is 0 Å². The lowest BCUT2D eigenvalue weighted by atomic mass is 9.79. The molecule has 0 saturated carbocycles. The molecule has 194 valence electrons. The third-order valence-corrected chi connectivity index (χ3v) is 6.58. The lowest BCUT2D eigenvalue weighted by Gasteiger charge is -2.38. The Morgan fingerprint density at radius 2 is 1.34 bits per heavy atom. The van der Waals surface area contributed by atoms with Crippen LogP contribution in [0.4, 0.5) is 0 Å². The molecule has 0 amide bonds. The number of hydrogen-bond acceptors (Lipinski definition) is 7. The molecule has 4 aromatic rings. The van der Waals surface area contributed by atoms with E-state index in [0.717, 1.165) is 21.3 Å². The Hall–Kier alpha value is -4.47. The molecule has 38 heavy (non-hydrogen) atoms. The molecular weight excluding hydrogens is 488 g/mol. The van der Waals surface area contributed by atoms with Crippen LogP contribution in [-0.2, 0) is 19.9 Å². The Kier molecular flexibility index (Phi) is 6.95. The fourth-order valence-corrected chi connectivity index (χ4v) is 4.69. The molecule has 3 aromatic carbocycles. The fourth-order valence-electron chi connectivity index (χ4n) is 4.69. The minimum absolute atomic E-state index is 0.253. The van der Waals surface area contributed by atoms with Crippen molar-refractivity contribution in [1.82, 2.24) is 9.55 Å². The maximum absolute atomic E-state index is 13.2. The number of methoxy groups -OCH3 is 2. The number of carbonyl (C=O) groups excluding carboxylic acids is 1. The maximum atomic E-state index is 13.2. The number of carbonyl (C=O) groups is 1. The van der Waals surface area contributed by atoms with Crippen molar-refractivity contribution in [2.75, 3.05) is 20.8 Å². The number of ketones is 1. The van der Waals surface area contributed by atoms with Crippen molar-refractivity contribution in [3.8, 4) is 11.5 Å². The van der Waals surface area contributed by atoms with Gasteiger partial charge in [-0.3, -0.25) is 19.1 Å². The van der Waals surface area contributed by atoms with E-state index in [1.807, 2.05) is 78.9 Å². The average molecular weight is 515 g/mol. The van der Waals surface area contributed by atoms with Gasteiger partial charge in [0.1, 0.15) is 23.7 Å². The summed E-state index contributed by atoms with van der Waals surface area (Å²) in [5, 5.41) is 0. The minimum atomic E-state index is -1.29. The van der Waals surface area contributed by atoms with Crippen LogP contribution in [-0.4, -0.2) is 42.3 Å². The SMILES string of the molecule is COc1ccc(C(O[C@@H]2C(=O)CO[C@H]2n2ccc(=O)[nH]c2=O)(c2ccccc2)c2ccc(OC)cc2)cc1. The number of Topliss-reactive ketones (excluding diaryl/α,β-unsaturated/α-hetero) is 1. The quantitative estimate of drug-likeness (QED) is 0.360. The van der Waals surface area contributed by atoms with Gasteiger partial charge in [0, 0.05) is 12.3 Å². The van der Waals surface area contributed by atoms with Gasteiger partial charge in [0.15, 0.2) is 18.1 Å². The van der Waals surface area contributed by atoms with Crippen molar-refractivity contribution in [1.29, 1.82) is 0 Å². The number of rotatable bonds is 8. The smallest absolute Gasteiger partial charge is 0.330 e. The highest BCUT2D eigenvalue weighted by molar-refractivity contribution is 5.86. The number of aromatic nitrogens is 2. The predicted octanol–water partition coefficient (Wildman–Crippen LogP) is 3.03. The number of hydrogen-bond donors (Lipinski definition) is 1. The number of ether oxygens (including phenoxy) is 4. The van der Waals surface area contributed by atoms with Gasteiger partial charge in [-0.05, 0) is 41.0 Å². The highest BCUT2D eigenvalue weighted by Crippen LogP contribution is 2.44. The summed E-state index contributed by atoms with van der Waals surface area (Å²) in [6.45, 7) is -0.253. The summed E-state index contributed by atoms with van der Waals surface area (Å²) in [7, 11) is 3.17. The van der Waals surface area contributed by atoms with Crippen LogP contribution in [0.3, 0.4) is 0 Å². The molecule has 2 heterocycles. The number of nitrogens with zero attached hydrogens (tertiary/aromatic N) is 1. The van der Waals surface area contributed by atoms with E-state index in [1.165, 1.54) is 12.3 Å². The summed E-state index contributed by atoms with van der Waals surface area (Å²) in [5.74, 6) is 0.974. The molecule has 1 N–H and O–H groups in total. The van der Waals surface area contributed by atoms with Crippen LogP contribution in [0.25, 0.3) is 0 Å². The molecule has 1 aliphatic rings. The zero-order valence-electron chi connectivity index (χ0n) is 20.8. The first kappa shape index (κ1) is 25.2. The average Bonchev–Trinajstić information content (AvgIpc) is 3.31.